The van der Waals surface area contributed by atoms with Crippen LogP contribution in [0.15, 0.2) is 0 Å². The van der Waals surface area contributed by atoms with Gasteiger partial charge < -0.3 is 15.8 Å². The summed E-state index contributed by atoms with van der Waals surface area (Å²) in [5, 5.41) is 18.7. The van der Waals surface area contributed by atoms with Crippen molar-refractivity contribution in [2.24, 2.45) is 0 Å². The Labute approximate surface area is 107 Å². The molecule has 3 heteroatoms. The quantitative estimate of drug-likeness (QED) is 0.365. The van der Waals surface area contributed by atoms with E-state index in [1.807, 2.05) is 0 Å². The average molecular weight is 245 g/mol. The van der Waals surface area contributed by atoms with Crippen molar-refractivity contribution in [3.05, 3.63) is 5.21 Å². The van der Waals surface area contributed by atoms with Crippen molar-refractivity contribution < 1.29 is 10.6 Å². The highest BCUT2D eigenvalue weighted by molar-refractivity contribution is 4.48. The largest absolute Gasteiger partial charge is 0.636 e. The lowest BCUT2D eigenvalue weighted by molar-refractivity contribution is -0.589. The van der Waals surface area contributed by atoms with Crippen LogP contribution in [0.1, 0.15) is 77.0 Å². The standard InChI is InChI=1S/C14H31NO2/c16-14-12-10-8-6-4-2-1-3-5-7-9-11-13-15-17/h16H,1-15H2. The molecule has 0 aromatic carbocycles. The Morgan fingerprint density at radius 2 is 0.941 bits per heavy atom. The Morgan fingerprint density at radius 1 is 0.588 bits per heavy atom. The van der Waals surface area contributed by atoms with Gasteiger partial charge in [-0.2, -0.15) is 0 Å². The molecule has 0 aliphatic carbocycles. The van der Waals surface area contributed by atoms with Gasteiger partial charge in [0.2, 0.25) is 0 Å². The summed E-state index contributed by atoms with van der Waals surface area (Å²) in [4.78, 5) is 0. The number of rotatable bonds is 14. The third kappa shape index (κ3) is 15.9. The first-order valence-electron chi connectivity index (χ1n) is 7.46. The van der Waals surface area contributed by atoms with Crippen molar-refractivity contribution in [3.8, 4) is 0 Å². The number of unbranched alkanes of at least 4 members (excludes halogenated alkanes) is 11. The van der Waals surface area contributed by atoms with E-state index in [4.69, 9.17) is 5.11 Å². The number of hydrogen-bond donors (Lipinski definition) is 2. The van der Waals surface area contributed by atoms with E-state index < -0.39 is 0 Å². The molecule has 0 aromatic rings. The fourth-order valence-corrected chi connectivity index (χ4v) is 2.11. The minimum Gasteiger partial charge on any atom is -0.636 e. The first kappa shape index (κ1) is 16.9. The minimum absolute atomic E-state index is 0.351. The molecule has 0 unspecified atom stereocenters. The van der Waals surface area contributed by atoms with Gasteiger partial charge in [0.25, 0.3) is 0 Å². The molecule has 3 nitrogen and oxygen atoms in total. The van der Waals surface area contributed by atoms with Crippen molar-refractivity contribution in [2.75, 3.05) is 13.2 Å². The molecule has 0 amide bonds. The van der Waals surface area contributed by atoms with E-state index in [0.29, 0.717) is 6.61 Å². The van der Waals surface area contributed by atoms with Gasteiger partial charge >= 0.3 is 0 Å². The summed E-state index contributed by atoms with van der Waals surface area (Å²) in [7, 11) is 0. The second-order valence-electron chi connectivity index (χ2n) is 4.92. The van der Waals surface area contributed by atoms with Gasteiger partial charge in [0.05, 0.1) is 6.54 Å². The Hall–Kier alpha value is -0.120. The van der Waals surface area contributed by atoms with E-state index in [9.17, 15) is 5.21 Å². The lowest BCUT2D eigenvalue weighted by Gasteiger charge is -2.03. The zero-order valence-electron chi connectivity index (χ0n) is 11.3. The fraction of sp³-hybridized carbons (Fsp3) is 1.00. The second-order valence-corrected chi connectivity index (χ2v) is 4.92. The summed E-state index contributed by atoms with van der Waals surface area (Å²) >= 11 is 0. The van der Waals surface area contributed by atoms with Gasteiger partial charge in [0.15, 0.2) is 0 Å². The molecule has 0 heterocycles. The fourth-order valence-electron chi connectivity index (χ4n) is 2.11. The van der Waals surface area contributed by atoms with Gasteiger partial charge in [-0.15, -0.1) is 0 Å². The van der Waals surface area contributed by atoms with Crippen LogP contribution in [0.3, 0.4) is 0 Å². The highest BCUT2D eigenvalue weighted by atomic mass is 16.5. The molecule has 0 atom stereocenters. The van der Waals surface area contributed by atoms with Gasteiger partial charge in [-0.05, 0) is 19.3 Å². The highest BCUT2D eigenvalue weighted by Crippen LogP contribution is 2.11. The number of hydrogen-bond acceptors (Lipinski definition) is 2. The Kier molecular flexibility index (Phi) is 15.8. The van der Waals surface area contributed by atoms with Crippen LogP contribution in [0.5, 0.6) is 0 Å². The van der Waals surface area contributed by atoms with Crippen LogP contribution in [-0.2, 0) is 0 Å². The molecule has 0 spiro atoms. The maximum Gasteiger partial charge on any atom is 0.0752 e. The number of hydroxylamine groups is 1. The van der Waals surface area contributed by atoms with Crippen LogP contribution in [0.4, 0.5) is 0 Å². The van der Waals surface area contributed by atoms with Crippen LogP contribution in [0, 0.1) is 5.21 Å². The summed E-state index contributed by atoms with van der Waals surface area (Å²) in [5.41, 5.74) is 1.02. The summed E-state index contributed by atoms with van der Waals surface area (Å²) in [6.45, 7) is 1.10. The Morgan fingerprint density at radius 3 is 1.29 bits per heavy atom. The lowest BCUT2D eigenvalue weighted by atomic mass is 10.1. The normalized spacial score (nSPS) is 10.9. The maximum atomic E-state index is 10.1. The Bertz CT molecular complexity index is 117. The number of aliphatic hydroxyl groups is 1. The topological polar surface area (TPSA) is 59.9 Å². The maximum absolute atomic E-state index is 10.1. The third-order valence-electron chi connectivity index (χ3n) is 3.23. The molecule has 0 aliphatic heterocycles. The predicted octanol–water partition coefficient (Wildman–Crippen LogP) is 2.72. The van der Waals surface area contributed by atoms with Gasteiger partial charge in [-0.25, -0.2) is 0 Å². The van der Waals surface area contributed by atoms with Crippen molar-refractivity contribution in [2.45, 2.75) is 77.0 Å². The van der Waals surface area contributed by atoms with Crippen LogP contribution in [0.2, 0.25) is 0 Å². The first-order valence-corrected chi connectivity index (χ1v) is 7.46. The van der Waals surface area contributed by atoms with Crippen LogP contribution < -0.4 is 5.48 Å². The van der Waals surface area contributed by atoms with Crippen LogP contribution in [-0.4, -0.2) is 18.3 Å². The molecule has 0 aliphatic rings. The summed E-state index contributed by atoms with van der Waals surface area (Å²) < 4.78 is 0. The second kappa shape index (κ2) is 15.9. The SMILES string of the molecule is [O-][NH2+]CCCCCCCCCCCCCCO. The van der Waals surface area contributed by atoms with Crippen molar-refractivity contribution in [1.29, 1.82) is 0 Å². The number of nitrogens with two attached hydrogens (primary N) is 1. The van der Waals surface area contributed by atoms with Crippen molar-refractivity contribution in [1.82, 2.24) is 0 Å². The Balaban J connectivity index is 2.85. The van der Waals surface area contributed by atoms with E-state index in [-0.39, 0.29) is 0 Å². The molecule has 0 saturated carbocycles. The molecular formula is C14H31NO2. The molecular weight excluding hydrogens is 214 g/mol. The van der Waals surface area contributed by atoms with Crippen LogP contribution >= 0.6 is 0 Å². The molecule has 3 N–H and O–H groups in total. The molecule has 0 saturated heterocycles. The molecule has 0 radical (unpaired) electrons. The minimum atomic E-state index is 0.351. The van der Waals surface area contributed by atoms with Gasteiger partial charge in [-0.3, -0.25) is 0 Å². The molecule has 0 fully saturated rings. The van der Waals surface area contributed by atoms with E-state index >= 15 is 0 Å². The molecule has 0 rings (SSSR count). The van der Waals surface area contributed by atoms with Crippen molar-refractivity contribution >= 4 is 0 Å². The molecule has 17 heavy (non-hydrogen) atoms. The van der Waals surface area contributed by atoms with Gasteiger partial charge in [0.1, 0.15) is 0 Å². The summed E-state index contributed by atoms with van der Waals surface area (Å²) in [6, 6.07) is 0. The zero-order chi connectivity index (χ0) is 12.6. The average Bonchev–Trinajstić information content (AvgIpc) is 2.35. The number of aliphatic hydroxyl groups excluding tert-OH is 1. The lowest BCUT2D eigenvalue weighted by Crippen LogP contribution is -2.77. The van der Waals surface area contributed by atoms with Gasteiger partial charge in [-0.1, -0.05) is 57.8 Å². The zero-order valence-corrected chi connectivity index (χ0v) is 11.3. The molecule has 0 aromatic heterocycles. The summed E-state index contributed by atoms with van der Waals surface area (Å²) in [6.07, 6.45) is 15.2. The number of quaternary nitrogens is 1. The molecule has 104 valence electrons. The monoisotopic (exact) mass is 245 g/mol. The smallest absolute Gasteiger partial charge is 0.0752 e. The van der Waals surface area contributed by atoms with Crippen LogP contribution in [0.25, 0.3) is 0 Å². The third-order valence-corrected chi connectivity index (χ3v) is 3.23. The van der Waals surface area contributed by atoms with Gasteiger partial charge in [0, 0.05) is 6.61 Å². The molecule has 0 bridgehead atoms. The first-order chi connectivity index (χ1) is 8.41. The van der Waals surface area contributed by atoms with E-state index in [0.717, 1.165) is 24.9 Å². The van der Waals surface area contributed by atoms with Crippen molar-refractivity contribution in [3.63, 3.8) is 0 Å². The van der Waals surface area contributed by atoms with E-state index in [1.54, 1.807) is 0 Å². The van der Waals surface area contributed by atoms with E-state index in [1.165, 1.54) is 64.2 Å². The van der Waals surface area contributed by atoms with E-state index in [2.05, 4.69) is 0 Å². The summed E-state index contributed by atoms with van der Waals surface area (Å²) in [5.74, 6) is 0. The predicted molar refractivity (Wildman–Crippen MR) is 72.6 cm³/mol. The highest BCUT2D eigenvalue weighted by Gasteiger charge is 1.93.